The first kappa shape index (κ1) is 20.6. The molecule has 2 saturated heterocycles. The van der Waals surface area contributed by atoms with Gasteiger partial charge in [-0.25, -0.2) is 13.2 Å². The van der Waals surface area contributed by atoms with Gasteiger partial charge >= 0.3 is 11.9 Å². The number of carbonyl (C=O) groups excluding carboxylic acids is 2. The fourth-order valence-electron chi connectivity index (χ4n) is 4.55. The molecule has 4 rings (SSSR count). The third kappa shape index (κ3) is 3.61. The van der Waals surface area contributed by atoms with Gasteiger partial charge in [0.15, 0.2) is 0 Å². The summed E-state index contributed by atoms with van der Waals surface area (Å²) in [5.74, 6) is -1.98. The normalized spacial score (nSPS) is 26.2. The van der Waals surface area contributed by atoms with Crippen molar-refractivity contribution in [1.29, 1.82) is 0 Å². The van der Waals surface area contributed by atoms with Crippen LogP contribution in [0, 0.1) is 5.92 Å². The average molecular weight is 429 g/mol. The molecule has 4 atom stereocenters. The number of nitrogens with zero attached hydrogens (tertiary/aromatic N) is 1. The van der Waals surface area contributed by atoms with Gasteiger partial charge in [-0.1, -0.05) is 36.4 Å². The van der Waals surface area contributed by atoms with Crippen LogP contribution in [0.1, 0.15) is 29.6 Å². The summed E-state index contributed by atoms with van der Waals surface area (Å²) < 4.78 is 38.7. The molecule has 2 aliphatic rings. The number of ether oxygens (including phenoxy) is 2. The van der Waals surface area contributed by atoms with Gasteiger partial charge in [-0.15, -0.1) is 0 Å². The Morgan fingerprint density at radius 2 is 1.60 bits per heavy atom. The van der Waals surface area contributed by atoms with Gasteiger partial charge in [0, 0.05) is 18.5 Å². The first-order valence-corrected chi connectivity index (χ1v) is 11.3. The van der Waals surface area contributed by atoms with Crippen molar-refractivity contribution < 1.29 is 27.5 Å². The number of rotatable bonds is 5. The van der Waals surface area contributed by atoms with Crippen molar-refractivity contribution in [1.82, 2.24) is 4.31 Å². The second kappa shape index (κ2) is 8.20. The highest BCUT2D eigenvalue weighted by Gasteiger charge is 2.56. The fraction of sp³-hybridized carbons (Fsp3) is 0.364. The van der Waals surface area contributed by atoms with E-state index in [2.05, 4.69) is 0 Å². The minimum Gasteiger partial charge on any atom is -0.469 e. The maximum atomic E-state index is 13.3. The molecule has 2 heterocycles. The highest BCUT2D eigenvalue weighted by molar-refractivity contribution is 7.89. The van der Waals surface area contributed by atoms with E-state index in [1.807, 2.05) is 0 Å². The summed E-state index contributed by atoms with van der Waals surface area (Å²) in [5.41, 5.74) is 0.382. The Morgan fingerprint density at radius 1 is 0.967 bits per heavy atom. The predicted molar refractivity (Wildman–Crippen MR) is 108 cm³/mol. The van der Waals surface area contributed by atoms with Crippen LogP contribution in [0.5, 0.6) is 0 Å². The number of esters is 2. The molecule has 2 aromatic rings. The Labute approximate surface area is 175 Å². The predicted octanol–water partition coefficient (Wildman–Crippen LogP) is 2.63. The zero-order chi connectivity index (χ0) is 21.3. The lowest BCUT2D eigenvalue weighted by Gasteiger charge is -2.41. The van der Waals surface area contributed by atoms with E-state index in [1.165, 1.54) is 11.4 Å². The largest absolute Gasteiger partial charge is 0.469 e. The molecule has 2 aromatic carbocycles. The van der Waals surface area contributed by atoms with Crippen molar-refractivity contribution in [3.8, 4) is 0 Å². The molecule has 30 heavy (non-hydrogen) atoms. The SMILES string of the molecule is COC(=O)[C@@H]1C2CCC(C[C@@H]1OC(=O)c1ccccc1)N2S(=O)(=O)c1ccccc1. The first-order chi connectivity index (χ1) is 14.4. The molecule has 7 nitrogen and oxygen atoms in total. The van der Waals surface area contributed by atoms with Gasteiger partial charge in [-0.05, 0) is 37.1 Å². The maximum Gasteiger partial charge on any atom is 0.338 e. The van der Waals surface area contributed by atoms with E-state index in [0.29, 0.717) is 18.4 Å². The summed E-state index contributed by atoms with van der Waals surface area (Å²) >= 11 is 0. The number of benzene rings is 2. The Kier molecular flexibility index (Phi) is 5.62. The van der Waals surface area contributed by atoms with Crippen LogP contribution in [0.3, 0.4) is 0 Å². The summed E-state index contributed by atoms with van der Waals surface area (Å²) in [6.45, 7) is 0. The molecule has 2 bridgehead atoms. The molecule has 2 unspecified atom stereocenters. The van der Waals surface area contributed by atoms with E-state index in [-0.39, 0.29) is 17.4 Å². The second-order valence-corrected chi connectivity index (χ2v) is 9.38. The Hall–Kier alpha value is -2.71. The minimum atomic E-state index is -3.79. The Bertz CT molecular complexity index is 1020. The molecule has 0 N–H and O–H groups in total. The van der Waals surface area contributed by atoms with E-state index in [1.54, 1.807) is 60.7 Å². The number of hydrogen-bond donors (Lipinski definition) is 0. The third-order valence-electron chi connectivity index (χ3n) is 5.86. The quantitative estimate of drug-likeness (QED) is 0.679. The van der Waals surface area contributed by atoms with Gasteiger partial charge in [0.2, 0.25) is 10.0 Å². The third-order valence-corrected chi connectivity index (χ3v) is 7.85. The molecule has 0 aromatic heterocycles. The van der Waals surface area contributed by atoms with Crippen LogP contribution in [-0.4, -0.2) is 50.0 Å². The van der Waals surface area contributed by atoms with Crippen molar-refractivity contribution >= 4 is 22.0 Å². The second-order valence-electron chi connectivity index (χ2n) is 7.54. The summed E-state index contributed by atoms with van der Waals surface area (Å²) in [5, 5.41) is 0. The van der Waals surface area contributed by atoms with E-state index >= 15 is 0 Å². The van der Waals surface area contributed by atoms with Gasteiger partial charge in [0.05, 0.1) is 17.6 Å². The zero-order valence-corrected chi connectivity index (χ0v) is 17.3. The molecular formula is C22H23NO6S. The van der Waals surface area contributed by atoms with Gasteiger partial charge < -0.3 is 9.47 Å². The molecule has 0 radical (unpaired) electrons. The zero-order valence-electron chi connectivity index (χ0n) is 16.5. The maximum absolute atomic E-state index is 13.3. The lowest BCUT2D eigenvalue weighted by molar-refractivity contribution is -0.154. The number of methoxy groups -OCH3 is 1. The van der Waals surface area contributed by atoms with Gasteiger partial charge in [-0.2, -0.15) is 4.31 Å². The Morgan fingerprint density at radius 3 is 2.23 bits per heavy atom. The van der Waals surface area contributed by atoms with E-state index in [4.69, 9.17) is 9.47 Å². The number of carbonyl (C=O) groups is 2. The molecule has 2 fully saturated rings. The van der Waals surface area contributed by atoms with Crippen LogP contribution < -0.4 is 0 Å². The van der Waals surface area contributed by atoms with Crippen molar-refractivity contribution in [2.24, 2.45) is 5.92 Å². The van der Waals surface area contributed by atoms with Crippen LogP contribution >= 0.6 is 0 Å². The summed E-state index contributed by atoms with van der Waals surface area (Å²) in [4.78, 5) is 25.4. The van der Waals surface area contributed by atoms with Gasteiger partial charge in [0.1, 0.15) is 12.0 Å². The van der Waals surface area contributed by atoms with Crippen molar-refractivity contribution in [3.63, 3.8) is 0 Å². The van der Waals surface area contributed by atoms with E-state index < -0.39 is 40.0 Å². The monoisotopic (exact) mass is 429 g/mol. The molecule has 0 spiro atoms. The standard InChI is InChI=1S/C22H23NO6S/c1-28-22(25)20-18-13-12-16(23(18)30(26,27)17-10-6-3-7-11-17)14-19(20)29-21(24)15-8-4-2-5-9-15/h2-11,16,18-20H,12-14H2,1H3/t16?,18?,19-,20+/m0/s1. The summed E-state index contributed by atoms with van der Waals surface area (Å²) in [6.07, 6.45) is 0.616. The summed E-state index contributed by atoms with van der Waals surface area (Å²) in [7, 11) is -2.53. The van der Waals surface area contributed by atoms with Gasteiger partial charge in [-0.3, -0.25) is 4.79 Å². The highest BCUT2D eigenvalue weighted by Crippen LogP contribution is 2.44. The number of fused-ring (bicyclic) bond motifs is 2. The number of piperidine rings is 1. The lowest BCUT2D eigenvalue weighted by Crippen LogP contribution is -2.56. The first-order valence-electron chi connectivity index (χ1n) is 9.86. The minimum absolute atomic E-state index is 0.185. The summed E-state index contributed by atoms with van der Waals surface area (Å²) in [6, 6.07) is 15.7. The van der Waals surface area contributed by atoms with Gasteiger partial charge in [0.25, 0.3) is 0 Å². The average Bonchev–Trinajstić information content (AvgIpc) is 3.10. The molecule has 0 saturated carbocycles. The molecule has 0 aliphatic carbocycles. The molecule has 0 amide bonds. The Balaban J connectivity index is 1.64. The fourth-order valence-corrected chi connectivity index (χ4v) is 6.47. The number of hydrogen-bond acceptors (Lipinski definition) is 6. The van der Waals surface area contributed by atoms with Crippen molar-refractivity contribution in [2.75, 3.05) is 7.11 Å². The van der Waals surface area contributed by atoms with E-state index in [9.17, 15) is 18.0 Å². The van der Waals surface area contributed by atoms with Crippen molar-refractivity contribution in [3.05, 3.63) is 66.2 Å². The van der Waals surface area contributed by atoms with Crippen molar-refractivity contribution in [2.45, 2.75) is 42.3 Å². The topological polar surface area (TPSA) is 90.0 Å². The molecule has 2 aliphatic heterocycles. The van der Waals surface area contributed by atoms with Crippen LogP contribution in [0.4, 0.5) is 0 Å². The molecule has 8 heteroatoms. The van der Waals surface area contributed by atoms with Crippen LogP contribution in [0.15, 0.2) is 65.6 Å². The smallest absolute Gasteiger partial charge is 0.338 e. The molecular weight excluding hydrogens is 406 g/mol. The van der Waals surface area contributed by atoms with E-state index in [0.717, 1.165) is 0 Å². The lowest BCUT2D eigenvalue weighted by atomic mass is 9.89. The van der Waals surface area contributed by atoms with Crippen LogP contribution in [-0.2, 0) is 24.3 Å². The highest BCUT2D eigenvalue weighted by atomic mass is 32.2. The molecule has 158 valence electrons. The number of sulfonamides is 1. The van der Waals surface area contributed by atoms with Crippen LogP contribution in [0.25, 0.3) is 0 Å². The van der Waals surface area contributed by atoms with Crippen LogP contribution in [0.2, 0.25) is 0 Å².